The molecule has 0 aromatic rings. The van der Waals surface area contributed by atoms with Crippen LogP contribution in [0.2, 0.25) is 0 Å². The van der Waals surface area contributed by atoms with Crippen LogP contribution in [0.3, 0.4) is 0 Å². The van der Waals surface area contributed by atoms with Crippen molar-refractivity contribution in [3.05, 3.63) is 0 Å². The summed E-state index contributed by atoms with van der Waals surface area (Å²) < 4.78 is 32.9. The van der Waals surface area contributed by atoms with E-state index in [2.05, 4.69) is 41.5 Å². The van der Waals surface area contributed by atoms with Crippen LogP contribution in [0.4, 0.5) is 0 Å². The van der Waals surface area contributed by atoms with Gasteiger partial charge in [-0.1, -0.05) is 41.5 Å². The van der Waals surface area contributed by atoms with Gasteiger partial charge in [-0.2, -0.15) is 0 Å². The second-order valence-corrected chi connectivity index (χ2v) is 9.30. The summed E-state index contributed by atoms with van der Waals surface area (Å²) in [7, 11) is 0. The number of hydrogen-bond acceptors (Lipinski definition) is 6. The molecule has 170 valence electrons. The fraction of sp³-hybridized carbons (Fsp3) is 1.00. The van der Waals surface area contributed by atoms with Gasteiger partial charge in [-0.15, -0.1) is 0 Å². The van der Waals surface area contributed by atoms with Crippen LogP contribution < -0.4 is 0 Å². The van der Waals surface area contributed by atoms with E-state index in [-0.39, 0.29) is 0 Å². The highest BCUT2D eigenvalue weighted by atomic mass is 16.6. The minimum absolute atomic E-state index is 0.323. The van der Waals surface area contributed by atoms with Crippen LogP contribution in [-0.2, 0) is 28.4 Å². The maximum absolute atomic E-state index is 5.54. The molecule has 0 bridgehead atoms. The lowest BCUT2D eigenvalue weighted by molar-refractivity contribution is -0.0184. The lowest BCUT2D eigenvalue weighted by atomic mass is 9.93. The Balaban J connectivity index is 3.07. The van der Waals surface area contributed by atoms with Gasteiger partial charge in [0.1, 0.15) is 0 Å². The predicted octanol–water partition coefficient (Wildman–Crippen LogP) is 3.96. The van der Waals surface area contributed by atoms with Crippen LogP contribution in [0.25, 0.3) is 0 Å². The summed E-state index contributed by atoms with van der Waals surface area (Å²) in [5.74, 6) is 0. The first kappa shape index (κ1) is 27.8. The smallest absolute Gasteiger partial charge is 0.0701 e. The van der Waals surface area contributed by atoms with Crippen molar-refractivity contribution < 1.29 is 28.4 Å². The summed E-state index contributed by atoms with van der Waals surface area (Å²) in [5.41, 5.74) is 0.645. The molecule has 0 rings (SSSR count). The van der Waals surface area contributed by atoms with Gasteiger partial charge in [-0.25, -0.2) is 0 Å². The molecule has 0 aliphatic heterocycles. The second kappa shape index (κ2) is 17.6. The Hall–Kier alpha value is -0.240. The standard InChI is InChI=1S/C22H46O6/c1-21(2,3)7-9-23-11-13-25-15-17-27-19-20-28-18-16-26-14-12-24-10-8-22(4,5)6/h7-20H2,1-6H3. The molecule has 0 radical (unpaired) electrons. The van der Waals surface area contributed by atoms with E-state index in [1.165, 1.54) is 0 Å². The molecule has 6 nitrogen and oxygen atoms in total. The van der Waals surface area contributed by atoms with E-state index in [0.717, 1.165) is 26.1 Å². The Morgan fingerprint density at radius 1 is 0.321 bits per heavy atom. The maximum atomic E-state index is 5.54. The minimum atomic E-state index is 0.323. The Kier molecular flexibility index (Phi) is 17.5. The Morgan fingerprint density at radius 3 is 0.679 bits per heavy atom. The summed E-state index contributed by atoms with van der Waals surface area (Å²) in [4.78, 5) is 0. The van der Waals surface area contributed by atoms with Crippen molar-refractivity contribution in [1.29, 1.82) is 0 Å². The van der Waals surface area contributed by atoms with E-state index in [0.29, 0.717) is 76.9 Å². The van der Waals surface area contributed by atoms with Crippen LogP contribution in [0.5, 0.6) is 0 Å². The van der Waals surface area contributed by atoms with Crippen LogP contribution in [0, 0.1) is 10.8 Å². The highest BCUT2D eigenvalue weighted by Crippen LogP contribution is 2.18. The van der Waals surface area contributed by atoms with Crippen molar-refractivity contribution in [1.82, 2.24) is 0 Å². The molecule has 0 atom stereocenters. The maximum Gasteiger partial charge on any atom is 0.0701 e. The summed E-state index contributed by atoms with van der Waals surface area (Å²) in [6, 6.07) is 0. The van der Waals surface area contributed by atoms with Gasteiger partial charge in [0.05, 0.1) is 66.1 Å². The lowest BCUT2D eigenvalue weighted by Crippen LogP contribution is -2.15. The molecule has 28 heavy (non-hydrogen) atoms. The van der Waals surface area contributed by atoms with E-state index in [4.69, 9.17) is 28.4 Å². The van der Waals surface area contributed by atoms with E-state index in [1.807, 2.05) is 0 Å². The van der Waals surface area contributed by atoms with Gasteiger partial charge in [0.2, 0.25) is 0 Å². The molecule has 0 spiro atoms. The Bertz CT molecular complexity index is 290. The molecule has 0 aliphatic rings. The van der Waals surface area contributed by atoms with Crippen LogP contribution in [0.1, 0.15) is 54.4 Å². The van der Waals surface area contributed by atoms with Crippen molar-refractivity contribution in [2.75, 3.05) is 79.3 Å². The fourth-order valence-corrected chi connectivity index (χ4v) is 1.96. The number of ether oxygens (including phenoxy) is 6. The van der Waals surface area contributed by atoms with Gasteiger partial charge in [0.25, 0.3) is 0 Å². The average Bonchev–Trinajstić information content (AvgIpc) is 2.58. The third kappa shape index (κ3) is 25.8. The van der Waals surface area contributed by atoms with Gasteiger partial charge < -0.3 is 28.4 Å². The van der Waals surface area contributed by atoms with Gasteiger partial charge >= 0.3 is 0 Å². The zero-order valence-electron chi connectivity index (χ0n) is 19.3. The van der Waals surface area contributed by atoms with Crippen molar-refractivity contribution >= 4 is 0 Å². The SMILES string of the molecule is CC(C)(C)CCOCCOCCOCCOCCOCCOCCC(C)(C)C. The largest absolute Gasteiger partial charge is 0.379 e. The highest BCUT2D eigenvalue weighted by Gasteiger charge is 2.09. The second-order valence-electron chi connectivity index (χ2n) is 9.30. The first-order valence-electron chi connectivity index (χ1n) is 10.7. The number of hydrogen-bond donors (Lipinski definition) is 0. The quantitative estimate of drug-likeness (QED) is 0.303. The molecule has 0 saturated carbocycles. The van der Waals surface area contributed by atoms with Gasteiger partial charge in [0, 0.05) is 13.2 Å². The normalized spacial score (nSPS) is 12.6. The summed E-state index contributed by atoms with van der Waals surface area (Å²) in [5, 5.41) is 0. The molecular formula is C22H46O6. The van der Waals surface area contributed by atoms with Crippen LogP contribution in [0.15, 0.2) is 0 Å². The van der Waals surface area contributed by atoms with E-state index in [9.17, 15) is 0 Å². The highest BCUT2D eigenvalue weighted by molar-refractivity contribution is 4.60. The average molecular weight is 407 g/mol. The van der Waals surface area contributed by atoms with Crippen molar-refractivity contribution in [3.8, 4) is 0 Å². The molecule has 0 N–H and O–H groups in total. The predicted molar refractivity (Wildman–Crippen MR) is 113 cm³/mol. The first-order valence-corrected chi connectivity index (χ1v) is 10.7. The molecule has 0 saturated heterocycles. The zero-order chi connectivity index (χ0) is 21.1. The van der Waals surface area contributed by atoms with Crippen LogP contribution in [-0.4, -0.2) is 79.3 Å². The molecule has 0 heterocycles. The topological polar surface area (TPSA) is 55.4 Å². The van der Waals surface area contributed by atoms with E-state index in [1.54, 1.807) is 0 Å². The third-order valence-corrected chi connectivity index (χ3v) is 3.85. The first-order chi connectivity index (χ1) is 13.2. The van der Waals surface area contributed by atoms with Crippen LogP contribution >= 0.6 is 0 Å². The Morgan fingerprint density at radius 2 is 0.500 bits per heavy atom. The van der Waals surface area contributed by atoms with Crippen molar-refractivity contribution in [3.63, 3.8) is 0 Å². The zero-order valence-corrected chi connectivity index (χ0v) is 19.3. The molecule has 0 aromatic heterocycles. The molecule has 0 fully saturated rings. The molecule has 0 aromatic carbocycles. The van der Waals surface area contributed by atoms with Gasteiger partial charge in [0.15, 0.2) is 0 Å². The molecule has 0 aliphatic carbocycles. The van der Waals surface area contributed by atoms with Gasteiger partial charge in [-0.3, -0.25) is 0 Å². The van der Waals surface area contributed by atoms with E-state index < -0.39 is 0 Å². The molecule has 0 amide bonds. The van der Waals surface area contributed by atoms with Crippen molar-refractivity contribution in [2.45, 2.75) is 54.4 Å². The minimum Gasteiger partial charge on any atom is -0.379 e. The lowest BCUT2D eigenvalue weighted by Gasteiger charge is -2.17. The van der Waals surface area contributed by atoms with E-state index >= 15 is 0 Å². The monoisotopic (exact) mass is 406 g/mol. The molecule has 6 heteroatoms. The summed E-state index contributed by atoms with van der Waals surface area (Å²) >= 11 is 0. The molecular weight excluding hydrogens is 360 g/mol. The number of rotatable bonds is 19. The summed E-state index contributed by atoms with van der Waals surface area (Å²) in [6.07, 6.45) is 2.12. The summed E-state index contributed by atoms with van der Waals surface area (Å²) in [6.45, 7) is 20.8. The third-order valence-electron chi connectivity index (χ3n) is 3.85. The van der Waals surface area contributed by atoms with Gasteiger partial charge in [-0.05, 0) is 23.7 Å². The molecule has 0 unspecified atom stereocenters. The fourth-order valence-electron chi connectivity index (χ4n) is 1.96. The Labute approximate surface area is 173 Å². The van der Waals surface area contributed by atoms with Crippen molar-refractivity contribution in [2.24, 2.45) is 10.8 Å².